The fourth-order valence-corrected chi connectivity index (χ4v) is 3.44. The number of hydrogen-bond acceptors (Lipinski definition) is 8. The molecule has 3 rings (SSSR count). The summed E-state index contributed by atoms with van der Waals surface area (Å²) in [6.45, 7) is 1.73. The van der Waals surface area contributed by atoms with Gasteiger partial charge < -0.3 is 8.83 Å². The van der Waals surface area contributed by atoms with Gasteiger partial charge in [-0.05, 0) is 43.3 Å². The standard InChI is InChI=1S/C16H15N3O5S2/c1-10(25-16-18-17-15(24-16)13-4-3-9-23-13)14(20)11-5-7-12(8-6-11)19-26(2,21)22/h3-10,19H,1-2H3/t10-/m0/s1. The van der Waals surface area contributed by atoms with Crippen LogP contribution in [0.5, 0.6) is 0 Å². The molecule has 0 aliphatic heterocycles. The molecule has 0 unspecified atom stereocenters. The first-order valence-corrected chi connectivity index (χ1v) is 10.2. The number of Topliss-reactive ketones (excluding diaryl/α,β-unsaturated/α-hetero) is 1. The van der Waals surface area contributed by atoms with Crippen molar-refractivity contribution >= 4 is 33.3 Å². The van der Waals surface area contributed by atoms with E-state index in [1.165, 1.54) is 18.4 Å². The van der Waals surface area contributed by atoms with Gasteiger partial charge in [0.25, 0.3) is 11.1 Å². The van der Waals surface area contributed by atoms with Crippen molar-refractivity contribution in [2.45, 2.75) is 17.4 Å². The zero-order valence-corrected chi connectivity index (χ0v) is 15.5. The summed E-state index contributed by atoms with van der Waals surface area (Å²) in [6, 6.07) is 9.61. The predicted octanol–water partition coefficient (Wildman–Crippen LogP) is 3.06. The summed E-state index contributed by atoms with van der Waals surface area (Å²) in [5, 5.41) is 7.57. The maximum Gasteiger partial charge on any atom is 0.284 e. The number of sulfonamides is 1. The highest BCUT2D eigenvalue weighted by Crippen LogP contribution is 2.28. The van der Waals surface area contributed by atoms with Gasteiger partial charge in [-0.25, -0.2) is 8.42 Å². The average Bonchev–Trinajstić information content (AvgIpc) is 3.24. The first kappa shape index (κ1) is 18.2. The van der Waals surface area contributed by atoms with Crippen molar-refractivity contribution in [1.29, 1.82) is 0 Å². The van der Waals surface area contributed by atoms with E-state index in [2.05, 4.69) is 14.9 Å². The van der Waals surface area contributed by atoms with Gasteiger partial charge in [0.05, 0.1) is 17.8 Å². The van der Waals surface area contributed by atoms with Gasteiger partial charge in [0.2, 0.25) is 10.0 Å². The lowest BCUT2D eigenvalue weighted by molar-refractivity contribution is 0.0993. The summed E-state index contributed by atoms with van der Waals surface area (Å²) in [7, 11) is -3.36. The number of carbonyl (C=O) groups excluding carboxylic acids is 1. The molecule has 3 aromatic rings. The lowest BCUT2D eigenvalue weighted by Crippen LogP contribution is -2.14. The van der Waals surface area contributed by atoms with Gasteiger partial charge in [-0.15, -0.1) is 10.2 Å². The Morgan fingerprint density at radius 2 is 1.92 bits per heavy atom. The number of nitrogens with zero attached hydrogens (tertiary/aromatic N) is 2. The van der Waals surface area contributed by atoms with E-state index in [1.54, 1.807) is 31.2 Å². The van der Waals surface area contributed by atoms with Gasteiger partial charge in [0.15, 0.2) is 11.5 Å². The number of carbonyl (C=O) groups is 1. The van der Waals surface area contributed by atoms with Crippen molar-refractivity contribution in [3.63, 3.8) is 0 Å². The zero-order valence-electron chi connectivity index (χ0n) is 13.9. The van der Waals surface area contributed by atoms with E-state index in [4.69, 9.17) is 8.83 Å². The quantitative estimate of drug-likeness (QED) is 0.481. The highest BCUT2D eigenvalue weighted by atomic mass is 32.2. The lowest BCUT2D eigenvalue weighted by Gasteiger charge is -2.09. The Morgan fingerprint density at radius 3 is 2.54 bits per heavy atom. The number of aromatic nitrogens is 2. The second-order valence-electron chi connectivity index (χ2n) is 5.43. The smallest absolute Gasteiger partial charge is 0.284 e. The minimum atomic E-state index is -3.36. The molecule has 2 heterocycles. The molecular formula is C16H15N3O5S2. The van der Waals surface area contributed by atoms with E-state index in [-0.39, 0.29) is 16.9 Å². The number of hydrogen-bond donors (Lipinski definition) is 1. The maximum absolute atomic E-state index is 12.5. The number of nitrogens with one attached hydrogen (secondary N) is 1. The molecule has 1 N–H and O–H groups in total. The number of thioether (sulfide) groups is 1. The molecule has 2 aromatic heterocycles. The number of benzene rings is 1. The van der Waals surface area contributed by atoms with Crippen LogP contribution in [0.1, 0.15) is 17.3 Å². The molecule has 0 fully saturated rings. The van der Waals surface area contributed by atoms with Crippen LogP contribution in [0.4, 0.5) is 5.69 Å². The van der Waals surface area contributed by atoms with Crippen molar-refractivity contribution in [3.8, 4) is 11.7 Å². The van der Waals surface area contributed by atoms with E-state index in [0.717, 1.165) is 18.0 Å². The largest absolute Gasteiger partial charge is 0.459 e. The third-order valence-electron chi connectivity index (χ3n) is 3.26. The zero-order chi connectivity index (χ0) is 18.7. The number of ketones is 1. The molecule has 136 valence electrons. The molecule has 0 saturated heterocycles. The molecule has 0 aliphatic carbocycles. The third kappa shape index (κ3) is 4.52. The van der Waals surface area contributed by atoms with Crippen molar-refractivity contribution in [2.75, 3.05) is 11.0 Å². The van der Waals surface area contributed by atoms with Crippen molar-refractivity contribution < 1.29 is 22.0 Å². The minimum absolute atomic E-state index is 0.140. The number of furan rings is 1. The molecule has 0 amide bonds. The summed E-state index contributed by atoms with van der Waals surface area (Å²) < 4.78 is 35.4. The first-order chi connectivity index (χ1) is 12.3. The van der Waals surface area contributed by atoms with Crippen LogP contribution >= 0.6 is 11.8 Å². The molecule has 1 atom stereocenters. The van der Waals surface area contributed by atoms with Crippen LogP contribution in [0.2, 0.25) is 0 Å². The van der Waals surface area contributed by atoms with Gasteiger partial charge in [-0.2, -0.15) is 0 Å². The second-order valence-corrected chi connectivity index (χ2v) is 8.47. The van der Waals surface area contributed by atoms with E-state index in [1.807, 2.05) is 0 Å². The first-order valence-electron chi connectivity index (χ1n) is 7.48. The highest BCUT2D eigenvalue weighted by molar-refractivity contribution is 8.00. The summed E-state index contributed by atoms with van der Waals surface area (Å²) in [4.78, 5) is 12.5. The molecular weight excluding hydrogens is 378 g/mol. The molecule has 10 heteroatoms. The molecule has 26 heavy (non-hydrogen) atoms. The summed E-state index contributed by atoms with van der Waals surface area (Å²) >= 11 is 1.14. The maximum atomic E-state index is 12.5. The number of rotatable bonds is 7. The molecule has 8 nitrogen and oxygen atoms in total. The van der Waals surface area contributed by atoms with Crippen LogP contribution in [0.25, 0.3) is 11.7 Å². The SMILES string of the molecule is C[C@H](Sc1nnc(-c2ccco2)o1)C(=O)c1ccc(NS(C)(=O)=O)cc1. The molecule has 1 aromatic carbocycles. The van der Waals surface area contributed by atoms with E-state index in [9.17, 15) is 13.2 Å². The number of anilines is 1. The Hall–Kier alpha value is -2.59. The average molecular weight is 393 g/mol. The monoisotopic (exact) mass is 393 g/mol. The summed E-state index contributed by atoms with van der Waals surface area (Å²) in [6.07, 6.45) is 2.56. The van der Waals surface area contributed by atoms with Gasteiger partial charge in [0.1, 0.15) is 0 Å². The van der Waals surface area contributed by atoms with Crippen molar-refractivity contribution in [2.24, 2.45) is 0 Å². The van der Waals surface area contributed by atoms with Crippen LogP contribution in [-0.2, 0) is 10.0 Å². The fraction of sp³-hybridized carbons (Fsp3) is 0.188. The Labute approximate surface area is 154 Å². The predicted molar refractivity (Wildman–Crippen MR) is 96.6 cm³/mol. The molecule has 0 spiro atoms. The third-order valence-corrected chi connectivity index (χ3v) is 4.80. The lowest BCUT2D eigenvalue weighted by atomic mass is 10.1. The molecule has 0 aliphatic rings. The molecule has 0 radical (unpaired) electrons. The van der Waals surface area contributed by atoms with Crippen molar-refractivity contribution in [3.05, 3.63) is 48.2 Å². The summed E-state index contributed by atoms with van der Waals surface area (Å²) in [5.41, 5.74) is 0.846. The van der Waals surface area contributed by atoms with Crippen LogP contribution in [0, 0.1) is 0 Å². The Balaban J connectivity index is 1.66. The Kier molecular flexibility index (Phi) is 5.14. The van der Waals surface area contributed by atoms with Crippen LogP contribution < -0.4 is 4.72 Å². The minimum Gasteiger partial charge on any atom is -0.459 e. The van der Waals surface area contributed by atoms with Crippen molar-refractivity contribution in [1.82, 2.24) is 10.2 Å². The van der Waals surface area contributed by atoms with Gasteiger partial charge in [-0.1, -0.05) is 11.8 Å². The second kappa shape index (κ2) is 7.34. The van der Waals surface area contributed by atoms with Crippen LogP contribution in [0.3, 0.4) is 0 Å². The Morgan fingerprint density at radius 1 is 1.19 bits per heavy atom. The molecule has 0 saturated carbocycles. The fourth-order valence-electron chi connectivity index (χ4n) is 2.11. The van der Waals surface area contributed by atoms with E-state index < -0.39 is 15.3 Å². The summed E-state index contributed by atoms with van der Waals surface area (Å²) in [5.74, 6) is 0.560. The topological polar surface area (TPSA) is 115 Å². The van der Waals surface area contributed by atoms with E-state index >= 15 is 0 Å². The van der Waals surface area contributed by atoms with Gasteiger partial charge >= 0.3 is 0 Å². The van der Waals surface area contributed by atoms with Crippen LogP contribution in [0.15, 0.2) is 56.7 Å². The Bertz CT molecular complexity index is 995. The highest BCUT2D eigenvalue weighted by Gasteiger charge is 2.20. The van der Waals surface area contributed by atoms with Crippen LogP contribution in [-0.4, -0.2) is 35.9 Å². The normalized spacial score (nSPS) is 12.7. The van der Waals surface area contributed by atoms with Gasteiger partial charge in [-0.3, -0.25) is 9.52 Å². The van der Waals surface area contributed by atoms with Gasteiger partial charge in [0, 0.05) is 11.3 Å². The molecule has 0 bridgehead atoms. The van der Waals surface area contributed by atoms with E-state index in [0.29, 0.717) is 17.0 Å².